The number of likely N-dealkylation sites (tertiary alicyclic amines) is 1. The van der Waals surface area contributed by atoms with Crippen LogP contribution in [0.15, 0.2) is 0 Å². The van der Waals surface area contributed by atoms with E-state index in [4.69, 9.17) is 9.47 Å². The van der Waals surface area contributed by atoms with E-state index in [1.165, 1.54) is 4.90 Å². The van der Waals surface area contributed by atoms with Gasteiger partial charge in [-0.3, -0.25) is 4.90 Å². The zero-order valence-corrected chi connectivity index (χ0v) is 13.7. The summed E-state index contributed by atoms with van der Waals surface area (Å²) in [5.74, 6) is -0.135. The molecule has 0 aromatic heterocycles. The van der Waals surface area contributed by atoms with Crippen LogP contribution in [0, 0.1) is 11.8 Å². The Bertz CT molecular complexity index is 411. The van der Waals surface area contributed by atoms with Crippen LogP contribution in [-0.2, 0) is 14.3 Å². The standard InChI is InChI=1S/C16H27NO5/c1-16(2,3)22-15(20)17-10-12(9-13(17)14(18)19)8-11-4-6-21-7-5-11/h11-13H,4-10H2,1-3H3,(H,18,19). The van der Waals surface area contributed by atoms with E-state index in [2.05, 4.69) is 0 Å². The van der Waals surface area contributed by atoms with Gasteiger partial charge in [0.15, 0.2) is 0 Å². The first-order valence-corrected chi connectivity index (χ1v) is 8.06. The third kappa shape index (κ3) is 4.60. The van der Waals surface area contributed by atoms with Crippen molar-refractivity contribution in [3.8, 4) is 0 Å². The maximum absolute atomic E-state index is 12.2. The molecule has 2 fully saturated rings. The largest absolute Gasteiger partial charge is 0.480 e. The van der Waals surface area contributed by atoms with Gasteiger partial charge >= 0.3 is 12.1 Å². The smallest absolute Gasteiger partial charge is 0.411 e. The number of aliphatic carboxylic acids is 1. The second-order valence-corrected chi connectivity index (χ2v) is 7.38. The Balaban J connectivity index is 1.96. The normalized spacial score (nSPS) is 27.0. The molecule has 0 saturated carbocycles. The summed E-state index contributed by atoms with van der Waals surface area (Å²) in [7, 11) is 0. The summed E-state index contributed by atoms with van der Waals surface area (Å²) in [6, 6.07) is -0.764. The number of rotatable bonds is 3. The monoisotopic (exact) mass is 313 g/mol. The minimum Gasteiger partial charge on any atom is -0.480 e. The van der Waals surface area contributed by atoms with Crippen molar-refractivity contribution >= 4 is 12.1 Å². The van der Waals surface area contributed by atoms with E-state index in [1.807, 2.05) is 0 Å². The molecule has 0 bridgehead atoms. The van der Waals surface area contributed by atoms with Crippen LogP contribution in [0.1, 0.15) is 46.5 Å². The minimum absolute atomic E-state index is 0.233. The molecule has 22 heavy (non-hydrogen) atoms. The van der Waals surface area contributed by atoms with Gasteiger partial charge in [-0.25, -0.2) is 9.59 Å². The first-order valence-electron chi connectivity index (χ1n) is 8.06. The quantitative estimate of drug-likeness (QED) is 0.866. The van der Waals surface area contributed by atoms with Gasteiger partial charge in [0.05, 0.1) is 0 Å². The fourth-order valence-electron chi connectivity index (χ4n) is 3.30. The third-order valence-corrected chi connectivity index (χ3v) is 4.31. The molecule has 6 heteroatoms. The number of ether oxygens (including phenoxy) is 2. The second-order valence-electron chi connectivity index (χ2n) is 7.38. The van der Waals surface area contributed by atoms with Crippen molar-refractivity contribution in [1.29, 1.82) is 0 Å². The van der Waals surface area contributed by atoms with E-state index >= 15 is 0 Å². The van der Waals surface area contributed by atoms with Crippen LogP contribution in [0.5, 0.6) is 0 Å². The average molecular weight is 313 g/mol. The predicted molar refractivity (Wildman–Crippen MR) is 80.6 cm³/mol. The first kappa shape index (κ1) is 17.1. The lowest BCUT2D eigenvalue weighted by Crippen LogP contribution is -2.43. The summed E-state index contributed by atoms with van der Waals surface area (Å²) in [5, 5.41) is 9.39. The van der Waals surface area contributed by atoms with Crippen molar-refractivity contribution in [2.24, 2.45) is 11.8 Å². The molecule has 2 saturated heterocycles. The fraction of sp³-hybridized carbons (Fsp3) is 0.875. The van der Waals surface area contributed by atoms with Crippen LogP contribution in [0.4, 0.5) is 4.79 Å². The van der Waals surface area contributed by atoms with E-state index in [9.17, 15) is 14.7 Å². The highest BCUT2D eigenvalue weighted by Gasteiger charge is 2.42. The highest BCUT2D eigenvalue weighted by molar-refractivity contribution is 5.81. The zero-order chi connectivity index (χ0) is 16.3. The van der Waals surface area contributed by atoms with E-state index in [0.29, 0.717) is 18.9 Å². The molecule has 0 aromatic rings. The number of carbonyl (C=O) groups excluding carboxylic acids is 1. The SMILES string of the molecule is CC(C)(C)OC(=O)N1CC(CC2CCOCC2)CC1C(=O)O. The Morgan fingerprint density at radius 3 is 2.41 bits per heavy atom. The van der Waals surface area contributed by atoms with Crippen molar-refractivity contribution in [2.45, 2.75) is 58.1 Å². The van der Waals surface area contributed by atoms with Crippen LogP contribution in [0.3, 0.4) is 0 Å². The Morgan fingerprint density at radius 2 is 1.86 bits per heavy atom. The van der Waals surface area contributed by atoms with E-state index in [1.54, 1.807) is 20.8 Å². The van der Waals surface area contributed by atoms with Gasteiger partial charge < -0.3 is 14.6 Å². The summed E-state index contributed by atoms with van der Waals surface area (Å²) < 4.78 is 10.7. The number of carboxylic acid groups (broad SMARTS) is 1. The maximum Gasteiger partial charge on any atom is 0.411 e. The van der Waals surface area contributed by atoms with Crippen molar-refractivity contribution in [3.05, 3.63) is 0 Å². The molecule has 126 valence electrons. The molecule has 2 heterocycles. The van der Waals surface area contributed by atoms with Gasteiger partial charge in [-0.1, -0.05) is 0 Å². The van der Waals surface area contributed by atoms with Crippen LogP contribution >= 0.6 is 0 Å². The van der Waals surface area contributed by atoms with Crippen molar-refractivity contribution < 1.29 is 24.2 Å². The maximum atomic E-state index is 12.2. The molecule has 6 nitrogen and oxygen atoms in total. The Kier molecular flexibility index (Phi) is 5.32. The van der Waals surface area contributed by atoms with Crippen LogP contribution in [0.2, 0.25) is 0 Å². The molecule has 1 N–H and O–H groups in total. The molecule has 2 atom stereocenters. The van der Waals surface area contributed by atoms with E-state index < -0.39 is 23.7 Å². The Labute approximate surface area is 131 Å². The number of nitrogens with zero attached hydrogens (tertiary/aromatic N) is 1. The molecule has 2 aliphatic heterocycles. The van der Waals surface area contributed by atoms with Gasteiger partial charge in [0.1, 0.15) is 11.6 Å². The number of carboxylic acids is 1. The van der Waals surface area contributed by atoms with E-state index in [0.717, 1.165) is 32.5 Å². The summed E-state index contributed by atoms with van der Waals surface area (Å²) in [6.07, 6.45) is 3.02. The summed E-state index contributed by atoms with van der Waals surface area (Å²) in [5.41, 5.74) is -0.612. The third-order valence-electron chi connectivity index (χ3n) is 4.31. The molecule has 0 spiro atoms. The molecule has 1 amide bonds. The lowest BCUT2D eigenvalue weighted by Gasteiger charge is -2.27. The van der Waals surface area contributed by atoms with Crippen LogP contribution < -0.4 is 0 Å². The predicted octanol–water partition coefficient (Wildman–Crippen LogP) is 2.51. The molecule has 0 radical (unpaired) electrons. The molecule has 0 aromatic carbocycles. The number of carbonyl (C=O) groups is 2. The van der Waals surface area contributed by atoms with Crippen LogP contribution in [0.25, 0.3) is 0 Å². The summed E-state index contributed by atoms with van der Waals surface area (Å²) in [6.45, 7) is 7.41. The molecule has 2 unspecified atom stereocenters. The minimum atomic E-state index is -0.944. The van der Waals surface area contributed by atoms with Gasteiger partial charge in [0, 0.05) is 19.8 Å². The molecular formula is C16H27NO5. The average Bonchev–Trinajstić information content (AvgIpc) is 2.82. The topological polar surface area (TPSA) is 76.1 Å². The van der Waals surface area contributed by atoms with Crippen LogP contribution in [-0.4, -0.2) is 53.5 Å². The molecule has 2 aliphatic rings. The van der Waals surface area contributed by atoms with Gasteiger partial charge in [0.2, 0.25) is 0 Å². The number of hydrogen-bond donors (Lipinski definition) is 1. The number of hydrogen-bond acceptors (Lipinski definition) is 4. The van der Waals surface area contributed by atoms with Gasteiger partial charge in [0.25, 0.3) is 0 Å². The van der Waals surface area contributed by atoms with Crippen molar-refractivity contribution in [2.75, 3.05) is 19.8 Å². The number of amides is 1. The van der Waals surface area contributed by atoms with Gasteiger partial charge in [-0.2, -0.15) is 0 Å². The zero-order valence-electron chi connectivity index (χ0n) is 13.7. The highest BCUT2D eigenvalue weighted by atomic mass is 16.6. The Morgan fingerprint density at radius 1 is 1.23 bits per heavy atom. The highest BCUT2D eigenvalue weighted by Crippen LogP contribution is 2.32. The second kappa shape index (κ2) is 6.86. The first-order chi connectivity index (χ1) is 10.3. The fourth-order valence-corrected chi connectivity index (χ4v) is 3.30. The van der Waals surface area contributed by atoms with Gasteiger partial charge in [-0.15, -0.1) is 0 Å². The molecule has 0 aliphatic carbocycles. The Hall–Kier alpha value is -1.30. The van der Waals surface area contributed by atoms with E-state index in [-0.39, 0.29) is 5.92 Å². The summed E-state index contributed by atoms with van der Waals surface area (Å²) in [4.78, 5) is 25.1. The van der Waals surface area contributed by atoms with Gasteiger partial charge in [-0.05, 0) is 58.3 Å². The lowest BCUT2D eigenvalue weighted by molar-refractivity contribution is -0.142. The summed E-state index contributed by atoms with van der Waals surface area (Å²) >= 11 is 0. The molecular weight excluding hydrogens is 286 g/mol. The molecule has 2 rings (SSSR count). The lowest BCUT2D eigenvalue weighted by atomic mass is 9.88. The van der Waals surface area contributed by atoms with Crippen molar-refractivity contribution in [1.82, 2.24) is 4.90 Å². The van der Waals surface area contributed by atoms with Crippen molar-refractivity contribution in [3.63, 3.8) is 0 Å².